The largest absolute Gasteiger partial charge is 0.417 e. The molecule has 0 aliphatic heterocycles. The lowest BCUT2D eigenvalue weighted by atomic mass is 10.1. The molecule has 19 heavy (non-hydrogen) atoms. The predicted octanol–water partition coefficient (Wildman–Crippen LogP) is 4.00. The summed E-state index contributed by atoms with van der Waals surface area (Å²) in [6.07, 6.45) is -2.59. The van der Waals surface area contributed by atoms with Crippen LogP contribution in [0.1, 0.15) is 35.7 Å². The van der Waals surface area contributed by atoms with Crippen LogP contribution in [-0.2, 0) is 6.18 Å². The fourth-order valence-corrected chi connectivity index (χ4v) is 2.48. The number of carbonyl (C=O) groups is 1. The Morgan fingerprint density at radius 3 is 2.68 bits per heavy atom. The molecule has 0 radical (unpaired) electrons. The lowest BCUT2D eigenvalue weighted by Crippen LogP contribution is -2.27. The van der Waals surface area contributed by atoms with Crippen LogP contribution in [0.5, 0.6) is 0 Å². The molecule has 1 aliphatic carbocycles. The van der Waals surface area contributed by atoms with Crippen LogP contribution in [0.15, 0.2) is 22.7 Å². The molecule has 0 aromatic heterocycles. The monoisotopic (exact) mass is 335 g/mol. The third kappa shape index (κ3) is 3.29. The van der Waals surface area contributed by atoms with E-state index >= 15 is 0 Å². The van der Waals surface area contributed by atoms with Gasteiger partial charge in [0.1, 0.15) is 0 Å². The molecule has 104 valence electrons. The van der Waals surface area contributed by atoms with Crippen LogP contribution in [0.2, 0.25) is 0 Å². The van der Waals surface area contributed by atoms with Crippen LogP contribution in [0.25, 0.3) is 0 Å². The van der Waals surface area contributed by atoms with Crippen molar-refractivity contribution in [2.75, 3.05) is 0 Å². The summed E-state index contributed by atoms with van der Waals surface area (Å²) in [5, 5.41) is 2.75. The molecule has 2 rings (SSSR count). The Kier molecular flexibility index (Phi) is 3.90. The highest BCUT2D eigenvalue weighted by molar-refractivity contribution is 9.10. The maximum Gasteiger partial charge on any atom is 0.417 e. The van der Waals surface area contributed by atoms with Crippen LogP contribution >= 0.6 is 15.9 Å². The number of nitrogens with one attached hydrogen (secondary N) is 1. The van der Waals surface area contributed by atoms with Gasteiger partial charge in [0.25, 0.3) is 5.91 Å². The van der Waals surface area contributed by atoms with Gasteiger partial charge in [-0.15, -0.1) is 0 Å². The highest BCUT2D eigenvalue weighted by Crippen LogP contribution is 2.36. The molecule has 1 saturated carbocycles. The minimum Gasteiger partial charge on any atom is -0.349 e. The van der Waals surface area contributed by atoms with E-state index in [9.17, 15) is 18.0 Å². The fraction of sp³-hybridized carbons (Fsp3) is 0.462. The lowest BCUT2D eigenvalue weighted by Gasteiger charge is -2.11. The quantitative estimate of drug-likeness (QED) is 0.888. The number of amides is 1. The first-order valence-corrected chi connectivity index (χ1v) is 6.79. The van der Waals surface area contributed by atoms with Crippen molar-refractivity contribution in [1.29, 1.82) is 0 Å². The highest BCUT2D eigenvalue weighted by atomic mass is 79.9. The summed E-state index contributed by atoms with van der Waals surface area (Å²) in [6.45, 7) is 2.03. The van der Waals surface area contributed by atoms with E-state index in [2.05, 4.69) is 21.2 Å². The van der Waals surface area contributed by atoms with Crippen LogP contribution in [-0.4, -0.2) is 11.9 Å². The summed E-state index contributed by atoms with van der Waals surface area (Å²) in [4.78, 5) is 11.9. The van der Waals surface area contributed by atoms with Gasteiger partial charge in [-0.25, -0.2) is 0 Å². The second-order valence-electron chi connectivity index (χ2n) is 4.68. The molecule has 6 heteroatoms. The first kappa shape index (κ1) is 14.4. The topological polar surface area (TPSA) is 29.1 Å². The molecule has 1 N–H and O–H groups in total. The molecule has 0 spiro atoms. The minimum absolute atomic E-state index is 0.0391. The van der Waals surface area contributed by atoms with Gasteiger partial charge in [0.15, 0.2) is 0 Å². The van der Waals surface area contributed by atoms with Gasteiger partial charge in [0.05, 0.1) is 5.56 Å². The summed E-state index contributed by atoms with van der Waals surface area (Å²) in [5.41, 5.74) is -0.791. The van der Waals surface area contributed by atoms with Gasteiger partial charge in [0.2, 0.25) is 0 Å². The highest BCUT2D eigenvalue weighted by Gasteiger charge is 2.37. The van der Waals surface area contributed by atoms with E-state index in [0.717, 1.165) is 18.9 Å². The number of halogens is 4. The van der Waals surface area contributed by atoms with Crippen molar-refractivity contribution < 1.29 is 18.0 Å². The fourth-order valence-electron chi connectivity index (χ4n) is 2.01. The molecule has 2 nitrogen and oxygen atoms in total. The standard InChI is InChI=1S/C13H13BrF3NO/c1-2-7-6-11(7)18-12(19)8-3-4-10(14)9(5-8)13(15,16)17/h3-5,7,11H,2,6H2,1H3,(H,18,19). The molecule has 1 aliphatic rings. The van der Waals surface area contributed by atoms with Gasteiger partial charge >= 0.3 is 6.18 Å². The van der Waals surface area contributed by atoms with Crippen molar-refractivity contribution in [3.05, 3.63) is 33.8 Å². The van der Waals surface area contributed by atoms with Crippen molar-refractivity contribution in [2.45, 2.75) is 32.0 Å². The van der Waals surface area contributed by atoms with Gasteiger partial charge < -0.3 is 5.32 Å². The third-order valence-corrected chi connectivity index (χ3v) is 3.99. The second kappa shape index (κ2) is 5.15. The molecule has 0 bridgehead atoms. The Morgan fingerprint density at radius 2 is 2.16 bits per heavy atom. The van der Waals surface area contributed by atoms with Gasteiger partial charge in [0, 0.05) is 16.1 Å². The molecule has 2 unspecified atom stereocenters. The maximum atomic E-state index is 12.7. The van der Waals surface area contributed by atoms with Crippen LogP contribution in [0.3, 0.4) is 0 Å². The Labute approximate surface area is 117 Å². The van der Waals surface area contributed by atoms with Gasteiger partial charge in [-0.2, -0.15) is 13.2 Å². The average molecular weight is 336 g/mol. The van der Waals surface area contributed by atoms with Gasteiger partial charge in [-0.1, -0.05) is 29.3 Å². The lowest BCUT2D eigenvalue weighted by molar-refractivity contribution is -0.138. The molecule has 0 heterocycles. The first-order chi connectivity index (χ1) is 8.82. The Hall–Kier alpha value is -1.04. The molecular formula is C13H13BrF3NO. The van der Waals surface area contributed by atoms with E-state index in [1.54, 1.807) is 0 Å². The van der Waals surface area contributed by atoms with Crippen molar-refractivity contribution in [3.63, 3.8) is 0 Å². The van der Waals surface area contributed by atoms with Crippen molar-refractivity contribution >= 4 is 21.8 Å². The van der Waals surface area contributed by atoms with Crippen LogP contribution in [0.4, 0.5) is 13.2 Å². The Morgan fingerprint density at radius 1 is 1.47 bits per heavy atom. The van der Waals surface area contributed by atoms with E-state index < -0.39 is 17.6 Å². The second-order valence-corrected chi connectivity index (χ2v) is 5.53. The van der Waals surface area contributed by atoms with E-state index in [4.69, 9.17) is 0 Å². The number of hydrogen-bond donors (Lipinski definition) is 1. The average Bonchev–Trinajstić information content (AvgIpc) is 3.06. The number of alkyl halides is 3. The Balaban J connectivity index is 2.15. The zero-order valence-electron chi connectivity index (χ0n) is 10.2. The maximum absolute atomic E-state index is 12.7. The number of hydrogen-bond acceptors (Lipinski definition) is 1. The summed E-state index contributed by atoms with van der Waals surface area (Å²) in [7, 11) is 0. The zero-order chi connectivity index (χ0) is 14.2. The number of benzene rings is 1. The van der Waals surface area contributed by atoms with Crippen molar-refractivity contribution in [3.8, 4) is 0 Å². The predicted molar refractivity (Wildman–Crippen MR) is 68.8 cm³/mol. The molecule has 1 fully saturated rings. The molecular weight excluding hydrogens is 323 g/mol. The first-order valence-electron chi connectivity index (χ1n) is 6.00. The molecule has 0 saturated heterocycles. The molecule has 1 aromatic carbocycles. The molecule has 1 amide bonds. The van der Waals surface area contributed by atoms with E-state index in [1.807, 2.05) is 6.92 Å². The van der Waals surface area contributed by atoms with Gasteiger partial charge in [-0.05, 0) is 30.5 Å². The molecule has 1 aromatic rings. The number of carbonyl (C=O) groups excluding carboxylic acids is 1. The van der Waals surface area contributed by atoms with Crippen molar-refractivity contribution in [2.24, 2.45) is 5.92 Å². The van der Waals surface area contributed by atoms with Crippen LogP contribution in [0, 0.1) is 5.92 Å². The molecule has 2 atom stereocenters. The van der Waals surface area contributed by atoms with Crippen molar-refractivity contribution in [1.82, 2.24) is 5.32 Å². The third-order valence-electron chi connectivity index (χ3n) is 3.30. The van der Waals surface area contributed by atoms with Crippen LogP contribution < -0.4 is 5.32 Å². The van der Waals surface area contributed by atoms with Gasteiger partial charge in [-0.3, -0.25) is 4.79 Å². The smallest absolute Gasteiger partial charge is 0.349 e. The van der Waals surface area contributed by atoms with E-state index in [1.165, 1.54) is 12.1 Å². The SMILES string of the molecule is CCC1CC1NC(=O)c1ccc(Br)c(C(F)(F)F)c1. The minimum atomic E-state index is -4.47. The summed E-state index contributed by atoms with van der Waals surface area (Å²) in [5.74, 6) is 0.0143. The summed E-state index contributed by atoms with van der Waals surface area (Å²) < 4.78 is 38.1. The number of rotatable bonds is 3. The Bertz CT molecular complexity index is 501. The normalized spacial score (nSPS) is 22.2. The summed E-state index contributed by atoms with van der Waals surface area (Å²) in [6, 6.07) is 3.62. The van der Waals surface area contributed by atoms with E-state index in [-0.39, 0.29) is 16.1 Å². The zero-order valence-corrected chi connectivity index (χ0v) is 11.8. The summed E-state index contributed by atoms with van der Waals surface area (Å²) >= 11 is 2.85. The van der Waals surface area contributed by atoms with E-state index in [0.29, 0.717) is 5.92 Å².